The number of hydrazine groups is 1. The Morgan fingerprint density at radius 2 is 1.88 bits per heavy atom. The van der Waals surface area contributed by atoms with Crippen LogP contribution >= 0.6 is 11.3 Å². The van der Waals surface area contributed by atoms with Crippen molar-refractivity contribution in [1.82, 2.24) is 10.4 Å². The zero-order valence-corrected chi connectivity index (χ0v) is 14.9. The Bertz CT molecular complexity index is 763. The van der Waals surface area contributed by atoms with Crippen molar-refractivity contribution < 1.29 is 9.59 Å². The molecule has 24 heavy (non-hydrogen) atoms. The van der Waals surface area contributed by atoms with Crippen molar-refractivity contribution in [1.29, 1.82) is 0 Å². The largest absolute Gasteiger partial charge is 0.378 e. The number of aryl methyl sites for hydroxylation is 1. The second-order valence-corrected chi connectivity index (χ2v) is 6.42. The van der Waals surface area contributed by atoms with Crippen LogP contribution in [0.25, 0.3) is 6.08 Å². The molecule has 2 aromatic rings. The average Bonchev–Trinajstić information content (AvgIpc) is 2.92. The Kier molecular flexibility index (Phi) is 5.70. The second-order valence-electron chi connectivity index (χ2n) is 5.42. The molecular weight excluding hydrogens is 324 g/mol. The molecule has 0 fully saturated rings. The van der Waals surface area contributed by atoms with E-state index in [1.807, 2.05) is 43.3 Å². The van der Waals surface area contributed by atoms with E-state index >= 15 is 0 Å². The molecule has 0 saturated heterocycles. The van der Waals surface area contributed by atoms with Crippen LogP contribution in [-0.2, 0) is 4.79 Å². The van der Waals surface area contributed by atoms with Crippen LogP contribution < -0.4 is 15.8 Å². The van der Waals surface area contributed by atoms with Gasteiger partial charge in [0.1, 0.15) is 0 Å². The molecule has 0 saturated carbocycles. The van der Waals surface area contributed by atoms with E-state index in [-0.39, 0.29) is 11.7 Å². The minimum absolute atomic E-state index is 0.113. The molecule has 0 bridgehead atoms. The fraction of sp³-hybridized carbons (Fsp3) is 0.235. The highest BCUT2D eigenvalue weighted by Gasteiger charge is 2.13. The molecular formula is C17H20N4O2S. The van der Waals surface area contributed by atoms with Crippen LogP contribution in [0.15, 0.2) is 30.3 Å². The number of carbonyl (C=O) groups excluding carboxylic acids is 2. The van der Waals surface area contributed by atoms with Gasteiger partial charge in [-0.3, -0.25) is 20.4 Å². The standard InChI is InChI=1S/C17H20N4O2S/c1-11-16(24-17(18-11)20-19-12(2)22)15(23)10-7-13-5-8-14(9-6-13)21(3)4/h5-10H,1-4H3,(H,18,20)(H,19,22)/b10-7-. The van der Waals surface area contributed by atoms with Gasteiger partial charge in [-0.1, -0.05) is 29.5 Å². The van der Waals surface area contributed by atoms with Crippen molar-refractivity contribution in [3.8, 4) is 0 Å². The summed E-state index contributed by atoms with van der Waals surface area (Å²) in [6, 6.07) is 7.92. The van der Waals surface area contributed by atoms with Crippen molar-refractivity contribution in [2.24, 2.45) is 0 Å². The van der Waals surface area contributed by atoms with Gasteiger partial charge in [0.2, 0.25) is 11.0 Å². The van der Waals surface area contributed by atoms with Crippen molar-refractivity contribution >= 4 is 39.9 Å². The summed E-state index contributed by atoms with van der Waals surface area (Å²) in [7, 11) is 3.96. The number of thiazole rings is 1. The zero-order chi connectivity index (χ0) is 17.7. The number of aromatic nitrogens is 1. The molecule has 0 radical (unpaired) electrons. The number of carbonyl (C=O) groups is 2. The molecule has 0 aliphatic carbocycles. The number of benzene rings is 1. The Balaban J connectivity index is 2.07. The van der Waals surface area contributed by atoms with Crippen molar-refractivity contribution in [2.45, 2.75) is 13.8 Å². The average molecular weight is 344 g/mol. The molecule has 2 rings (SSSR count). The number of nitrogens with one attached hydrogen (secondary N) is 2. The smallest absolute Gasteiger partial charge is 0.235 e. The van der Waals surface area contributed by atoms with Gasteiger partial charge in [0.15, 0.2) is 5.78 Å². The predicted molar refractivity (Wildman–Crippen MR) is 98.4 cm³/mol. The van der Waals surface area contributed by atoms with Crippen LogP contribution in [0.5, 0.6) is 0 Å². The number of hydrogen-bond acceptors (Lipinski definition) is 6. The Hall–Kier alpha value is -2.67. The van der Waals surface area contributed by atoms with Gasteiger partial charge in [0.25, 0.3) is 0 Å². The summed E-state index contributed by atoms with van der Waals surface area (Å²) >= 11 is 1.21. The van der Waals surface area contributed by atoms with Crippen molar-refractivity contribution in [3.63, 3.8) is 0 Å². The Morgan fingerprint density at radius 1 is 1.21 bits per heavy atom. The number of rotatable bonds is 6. The van der Waals surface area contributed by atoms with E-state index in [1.165, 1.54) is 24.3 Å². The monoisotopic (exact) mass is 344 g/mol. The molecule has 1 amide bonds. The summed E-state index contributed by atoms with van der Waals surface area (Å²) in [6.07, 6.45) is 3.31. The van der Waals surface area contributed by atoms with Gasteiger partial charge in [0.05, 0.1) is 10.6 Å². The van der Waals surface area contributed by atoms with Gasteiger partial charge in [-0.05, 0) is 30.7 Å². The first-order valence-electron chi connectivity index (χ1n) is 7.36. The number of amides is 1. The third kappa shape index (κ3) is 4.66. The maximum atomic E-state index is 12.3. The van der Waals surface area contributed by atoms with Crippen LogP contribution in [0.1, 0.15) is 27.9 Å². The molecule has 6 nitrogen and oxygen atoms in total. The highest BCUT2D eigenvalue weighted by atomic mass is 32.1. The molecule has 2 N–H and O–H groups in total. The van der Waals surface area contributed by atoms with Crippen molar-refractivity contribution in [2.75, 3.05) is 24.4 Å². The Labute approximate surface area is 145 Å². The maximum Gasteiger partial charge on any atom is 0.235 e. The lowest BCUT2D eigenvalue weighted by molar-refractivity contribution is -0.118. The highest BCUT2D eigenvalue weighted by Crippen LogP contribution is 2.23. The minimum Gasteiger partial charge on any atom is -0.378 e. The summed E-state index contributed by atoms with van der Waals surface area (Å²) in [5.74, 6) is -0.339. The number of allylic oxidation sites excluding steroid dienone is 1. The Morgan fingerprint density at radius 3 is 2.46 bits per heavy atom. The van der Waals surface area contributed by atoms with E-state index in [1.54, 1.807) is 13.0 Å². The fourth-order valence-electron chi connectivity index (χ4n) is 1.95. The van der Waals surface area contributed by atoms with Crippen LogP contribution in [0.3, 0.4) is 0 Å². The van der Waals surface area contributed by atoms with E-state index < -0.39 is 0 Å². The van der Waals surface area contributed by atoms with Gasteiger partial charge < -0.3 is 4.90 Å². The van der Waals surface area contributed by atoms with Crippen LogP contribution in [0.4, 0.5) is 10.8 Å². The first-order valence-corrected chi connectivity index (χ1v) is 8.18. The van der Waals surface area contributed by atoms with E-state index in [9.17, 15) is 9.59 Å². The molecule has 126 valence electrons. The minimum atomic E-state index is -0.225. The SMILES string of the molecule is CC(=O)NNc1nc(C)c(C(=O)/C=C\c2ccc(N(C)C)cc2)s1. The van der Waals surface area contributed by atoms with Crippen LogP contribution in [0, 0.1) is 6.92 Å². The molecule has 1 aromatic heterocycles. The molecule has 0 atom stereocenters. The van der Waals surface area contributed by atoms with E-state index in [0.29, 0.717) is 15.7 Å². The lowest BCUT2D eigenvalue weighted by Crippen LogP contribution is -2.26. The third-order valence-electron chi connectivity index (χ3n) is 3.20. The number of ketones is 1. The lowest BCUT2D eigenvalue weighted by Gasteiger charge is -2.11. The molecule has 0 unspecified atom stereocenters. The first-order chi connectivity index (χ1) is 11.4. The summed E-state index contributed by atoms with van der Waals surface area (Å²) in [5.41, 5.74) is 7.80. The second kappa shape index (κ2) is 7.74. The number of nitrogens with zero attached hydrogens (tertiary/aromatic N) is 2. The summed E-state index contributed by atoms with van der Waals surface area (Å²) in [4.78, 5) is 30.0. The van der Waals surface area contributed by atoms with E-state index in [4.69, 9.17) is 0 Å². The molecule has 1 heterocycles. The van der Waals surface area contributed by atoms with Gasteiger partial charge in [-0.25, -0.2) is 4.98 Å². The molecule has 0 spiro atoms. The van der Waals surface area contributed by atoms with Crippen LogP contribution in [0.2, 0.25) is 0 Å². The maximum absolute atomic E-state index is 12.3. The number of hydrogen-bond donors (Lipinski definition) is 2. The normalized spacial score (nSPS) is 10.7. The van der Waals surface area contributed by atoms with Gasteiger partial charge in [-0.15, -0.1) is 0 Å². The third-order valence-corrected chi connectivity index (χ3v) is 4.29. The van der Waals surface area contributed by atoms with Crippen LogP contribution in [-0.4, -0.2) is 30.8 Å². The lowest BCUT2D eigenvalue weighted by atomic mass is 10.1. The molecule has 0 aliphatic heterocycles. The molecule has 7 heteroatoms. The van der Waals surface area contributed by atoms with Crippen molar-refractivity contribution in [3.05, 3.63) is 46.5 Å². The van der Waals surface area contributed by atoms with E-state index in [0.717, 1.165) is 11.3 Å². The fourth-order valence-corrected chi connectivity index (χ4v) is 2.79. The highest BCUT2D eigenvalue weighted by molar-refractivity contribution is 7.17. The summed E-state index contributed by atoms with van der Waals surface area (Å²) < 4.78 is 0. The van der Waals surface area contributed by atoms with Gasteiger partial charge in [0, 0.05) is 26.7 Å². The van der Waals surface area contributed by atoms with Gasteiger partial charge in [-0.2, -0.15) is 0 Å². The predicted octanol–water partition coefficient (Wildman–Crippen LogP) is 2.88. The quantitative estimate of drug-likeness (QED) is 0.479. The summed E-state index contributed by atoms with van der Waals surface area (Å²) in [5, 5.41) is 0.481. The topological polar surface area (TPSA) is 74.3 Å². The summed E-state index contributed by atoms with van der Waals surface area (Å²) in [6.45, 7) is 3.16. The first kappa shape index (κ1) is 17.7. The number of anilines is 2. The van der Waals surface area contributed by atoms with E-state index in [2.05, 4.69) is 15.8 Å². The molecule has 0 aliphatic rings. The zero-order valence-electron chi connectivity index (χ0n) is 14.1. The van der Waals surface area contributed by atoms with Gasteiger partial charge >= 0.3 is 0 Å². The molecule has 1 aromatic carbocycles.